The Balaban J connectivity index is 1.85. The highest BCUT2D eigenvalue weighted by Gasteiger charge is 2.31. The molecule has 0 spiro atoms. The molecule has 0 aromatic carbocycles. The molecule has 3 heterocycles. The molecule has 1 amide bonds. The van der Waals surface area contributed by atoms with Crippen molar-refractivity contribution in [1.29, 1.82) is 0 Å². The third kappa shape index (κ3) is 1.95. The summed E-state index contributed by atoms with van der Waals surface area (Å²) in [7, 11) is 1.91. The van der Waals surface area contributed by atoms with Gasteiger partial charge in [-0.05, 0) is 24.3 Å². The van der Waals surface area contributed by atoms with Crippen LogP contribution >= 0.6 is 11.3 Å². The Morgan fingerprint density at radius 2 is 2.44 bits per heavy atom. The van der Waals surface area contributed by atoms with Crippen molar-refractivity contribution in [2.75, 3.05) is 6.54 Å². The summed E-state index contributed by atoms with van der Waals surface area (Å²) in [6.45, 7) is 0.842. The number of carbonyl (C=O) groups excluding carboxylic acids is 1. The van der Waals surface area contributed by atoms with Crippen molar-refractivity contribution in [3.05, 3.63) is 40.3 Å². The molecule has 94 valence electrons. The van der Waals surface area contributed by atoms with Crippen LogP contribution in [-0.2, 0) is 7.05 Å². The minimum Gasteiger partial charge on any atom is -0.331 e. The van der Waals surface area contributed by atoms with Crippen molar-refractivity contribution in [3.8, 4) is 0 Å². The molecular formula is C13H15N3OS. The number of aromatic nitrogens is 2. The van der Waals surface area contributed by atoms with E-state index in [0.29, 0.717) is 0 Å². The monoisotopic (exact) mass is 261 g/mol. The van der Waals surface area contributed by atoms with Crippen LogP contribution in [0.4, 0.5) is 0 Å². The maximum atomic E-state index is 12.4. The highest BCUT2D eigenvalue weighted by Crippen LogP contribution is 2.32. The van der Waals surface area contributed by atoms with Crippen LogP contribution < -0.4 is 0 Å². The van der Waals surface area contributed by atoms with E-state index in [0.717, 1.165) is 30.5 Å². The van der Waals surface area contributed by atoms with Crippen molar-refractivity contribution in [3.63, 3.8) is 0 Å². The van der Waals surface area contributed by atoms with Gasteiger partial charge in [-0.15, -0.1) is 0 Å². The van der Waals surface area contributed by atoms with Crippen LogP contribution in [0.1, 0.15) is 34.8 Å². The average molecular weight is 261 g/mol. The molecule has 0 radical (unpaired) electrons. The van der Waals surface area contributed by atoms with Crippen molar-refractivity contribution < 1.29 is 4.79 Å². The first kappa shape index (κ1) is 11.5. The minimum atomic E-state index is 0.141. The first-order valence-electron chi connectivity index (χ1n) is 6.07. The fraction of sp³-hybridized carbons (Fsp3) is 0.385. The van der Waals surface area contributed by atoms with Gasteiger partial charge < -0.3 is 4.90 Å². The van der Waals surface area contributed by atoms with Gasteiger partial charge in [0, 0.05) is 30.7 Å². The van der Waals surface area contributed by atoms with Crippen molar-refractivity contribution in [1.82, 2.24) is 14.7 Å². The van der Waals surface area contributed by atoms with Gasteiger partial charge in [0.1, 0.15) is 0 Å². The second kappa shape index (κ2) is 4.57. The van der Waals surface area contributed by atoms with E-state index in [1.54, 1.807) is 16.0 Å². The summed E-state index contributed by atoms with van der Waals surface area (Å²) in [5.74, 6) is 0.141. The molecule has 1 atom stereocenters. The van der Waals surface area contributed by atoms with Crippen LogP contribution in [0.5, 0.6) is 0 Å². The summed E-state index contributed by atoms with van der Waals surface area (Å²) in [5.41, 5.74) is 1.94. The molecule has 1 saturated heterocycles. The van der Waals surface area contributed by atoms with E-state index in [1.807, 2.05) is 41.2 Å². The smallest absolute Gasteiger partial charge is 0.255 e. The van der Waals surface area contributed by atoms with Crippen LogP contribution in [0.3, 0.4) is 0 Å². The molecule has 5 heteroatoms. The summed E-state index contributed by atoms with van der Waals surface area (Å²) in [6.07, 6.45) is 5.96. The lowest BCUT2D eigenvalue weighted by Gasteiger charge is -2.23. The van der Waals surface area contributed by atoms with Crippen LogP contribution in [0.2, 0.25) is 0 Å². The number of rotatable bonds is 2. The van der Waals surface area contributed by atoms with E-state index in [2.05, 4.69) is 5.10 Å². The maximum absolute atomic E-state index is 12.4. The Morgan fingerprint density at radius 1 is 1.56 bits per heavy atom. The average Bonchev–Trinajstić information content (AvgIpc) is 3.09. The van der Waals surface area contributed by atoms with Gasteiger partial charge in [0.25, 0.3) is 5.91 Å². The zero-order chi connectivity index (χ0) is 12.5. The molecule has 0 bridgehead atoms. The molecule has 1 aliphatic heterocycles. The van der Waals surface area contributed by atoms with Gasteiger partial charge in [-0.25, -0.2) is 0 Å². The quantitative estimate of drug-likeness (QED) is 0.833. The van der Waals surface area contributed by atoms with Gasteiger partial charge in [0.2, 0.25) is 0 Å². The number of hydrogen-bond acceptors (Lipinski definition) is 3. The molecule has 4 nitrogen and oxygen atoms in total. The molecule has 2 aromatic heterocycles. The first-order chi connectivity index (χ1) is 8.75. The Morgan fingerprint density at radius 3 is 3.11 bits per heavy atom. The van der Waals surface area contributed by atoms with Crippen LogP contribution in [0.25, 0.3) is 0 Å². The third-order valence-electron chi connectivity index (χ3n) is 3.39. The Kier molecular flexibility index (Phi) is 2.91. The predicted octanol–water partition coefficient (Wildman–Crippen LogP) is 2.46. The lowest BCUT2D eigenvalue weighted by Crippen LogP contribution is -2.30. The van der Waals surface area contributed by atoms with Crippen LogP contribution in [0.15, 0.2) is 29.2 Å². The van der Waals surface area contributed by atoms with Crippen molar-refractivity contribution in [2.24, 2.45) is 7.05 Å². The molecular weight excluding hydrogens is 246 g/mol. The summed E-state index contributed by atoms with van der Waals surface area (Å²) >= 11 is 1.56. The summed E-state index contributed by atoms with van der Waals surface area (Å²) in [5, 5.41) is 8.06. The summed E-state index contributed by atoms with van der Waals surface area (Å²) in [4.78, 5) is 14.4. The fourth-order valence-corrected chi connectivity index (χ4v) is 3.15. The number of carbonyl (C=O) groups is 1. The zero-order valence-electron chi connectivity index (χ0n) is 10.2. The van der Waals surface area contributed by atoms with Crippen molar-refractivity contribution >= 4 is 17.2 Å². The van der Waals surface area contributed by atoms with E-state index < -0.39 is 0 Å². The largest absolute Gasteiger partial charge is 0.331 e. The van der Waals surface area contributed by atoms with E-state index in [1.165, 1.54) is 0 Å². The first-order valence-corrected chi connectivity index (χ1v) is 7.01. The van der Waals surface area contributed by atoms with Crippen molar-refractivity contribution in [2.45, 2.75) is 18.9 Å². The number of aryl methyl sites for hydroxylation is 1. The zero-order valence-corrected chi connectivity index (χ0v) is 11.1. The minimum absolute atomic E-state index is 0.141. The SMILES string of the molecule is Cn1cc(C2CCCN2C(=O)c2ccsc2)cn1. The third-order valence-corrected chi connectivity index (χ3v) is 4.07. The standard InChI is InChI=1S/C13H15N3OS/c1-15-8-11(7-14-15)12-3-2-5-16(12)13(17)10-4-6-18-9-10/h4,6-9,12H,2-3,5H2,1H3. The highest BCUT2D eigenvalue weighted by atomic mass is 32.1. The van der Waals surface area contributed by atoms with Gasteiger partial charge in [-0.2, -0.15) is 16.4 Å². The topological polar surface area (TPSA) is 38.1 Å². The molecule has 18 heavy (non-hydrogen) atoms. The van der Waals surface area contributed by atoms with Crippen LogP contribution in [0, 0.1) is 0 Å². The summed E-state index contributed by atoms with van der Waals surface area (Å²) in [6, 6.07) is 2.08. The number of nitrogens with zero attached hydrogens (tertiary/aromatic N) is 3. The van der Waals surface area contributed by atoms with Crippen LogP contribution in [-0.4, -0.2) is 27.1 Å². The number of hydrogen-bond donors (Lipinski definition) is 0. The lowest BCUT2D eigenvalue weighted by atomic mass is 10.1. The van der Waals surface area contributed by atoms with Gasteiger partial charge >= 0.3 is 0 Å². The van der Waals surface area contributed by atoms with Gasteiger partial charge in [-0.3, -0.25) is 9.48 Å². The normalized spacial score (nSPS) is 19.4. The second-order valence-electron chi connectivity index (χ2n) is 4.62. The Labute approximate surface area is 110 Å². The van der Waals surface area contributed by atoms with Gasteiger partial charge in [-0.1, -0.05) is 0 Å². The molecule has 1 fully saturated rings. The highest BCUT2D eigenvalue weighted by molar-refractivity contribution is 7.08. The van der Waals surface area contributed by atoms with Gasteiger partial charge in [0.05, 0.1) is 17.8 Å². The molecule has 3 rings (SSSR count). The second-order valence-corrected chi connectivity index (χ2v) is 5.40. The molecule has 1 aliphatic rings. The molecule has 1 unspecified atom stereocenters. The fourth-order valence-electron chi connectivity index (χ4n) is 2.52. The lowest BCUT2D eigenvalue weighted by molar-refractivity contribution is 0.0736. The summed E-state index contributed by atoms with van der Waals surface area (Å²) < 4.78 is 1.79. The van der Waals surface area contributed by atoms with E-state index >= 15 is 0 Å². The number of likely N-dealkylation sites (tertiary alicyclic amines) is 1. The Bertz CT molecular complexity index is 546. The predicted molar refractivity (Wildman–Crippen MR) is 70.5 cm³/mol. The molecule has 2 aromatic rings. The maximum Gasteiger partial charge on any atom is 0.255 e. The molecule has 0 aliphatic carbocycles. The van der Waals surface area contributed by atoms with E-state index in [-0.39, 0.29) is 11.9 Å². The molecule has 0 N–H and O–H groups in total. The van der Waals surface area contributed by atoms with E-state index in [4.69, 9.17) is 0 Å². The van der Waals surface area contributed by atoms with Gasteiger partial charge in [0.15, 0.2) is 0 Å². The molecule has 0 saturated carbocycles. The van der Waals surface area contributed by atoms with E-state index in [9.17, 15) is 4.79 Å². The number of thiophene rings is 1. The Hall–Kier alpha value is -1.62. The number of amides is 1.